The molecule has 0 bridgehead atoms. The lowest BCUT2D eigenvalue weighted by atomic mass is 10.2. The van der Waals surface area contributed by atoms with Gasteiger partial charge in [-0.15, -0.1) is 0 Å². The fraction of sp³-hybridized carbons (Fsp3) is 0.235. The molecule has 0 unspecified atom stereocenters. The van der Waals surface area contributed by atoms with Gasteiger partial charge in [0.1, 0.15) is 11.9 Å². The first-order valence-electron chi connectivity index (χ1n) is 7.64. The molecule has 1 saturated heterocycles. The van der Waals surface area contributed by atoms with Crippen molar-refractivity contribution in [3.05, 3.63) is 58.9 Å². The predicted molar refractivity (Wildman–Crippen MR) is 93.7 cm³/mol. The number of nitrogens with zero attached hydrogens (tertiary/aromatic N) is 1. The third-order valence-electron chi connectivity index (χ3n) is 4.15. The highest BCUT2D eigenvalue weighted by atomic mass is 35.5. The molecule has 0 aliphatic carbocycles. The first-order chi connectivity index (χ1) is 11.8. The molecule has 1 heterocycles. The normalized spacial score (nSPS) is 18.0. The minimum Gasteiger partial charge on any atom is -0.311 e. The molecule has 132 valence electrons. The van der Waals surface area contributed by atoms with Gasteiger partial charge in [0.05, 0.1) is 4.90 Å². The van der Waals surface area contributed by atoms with E-state index < -0.39 is 21.9 Å². The number of amides is 1. The summed E-state index contributed by atoms with van der Waals surface area (Å²) in [6.07, 6.45) is 0.328. The van der Waals surface area contributed by atoms with Gasteiger partial charge in [-0.1, -0.05) is 17.7 Å². The molecule has 1 amide bonds. The maximum Gasteiger partial charge on any atom is 0.245 e. The lowest BCUT2D eigenvalue weighted by Gasteiger charge is -2.18. The van der Waals surface area contributed by atoms with Gasteiger partial charge in [-0.3, -0.25) is 4.79 Å². The number of carbonyl (C=O) groups excluding carboxylic acids is 1. The van der Waals surface area contributed by atoms with Gasteiger partial charge in [0.25, 0.3) is 0 Å². The second kappa shape index (κ2) is 6.74. The van der Waals surface area contributed by atoms with E-state index in [1.165, 1.54) is 35.2 Å². The zero-order valence-corrected chi connectivity index (χ0v) is 14.9. The molecule has 25 heavy (non-hydrogen) atoms. The maximum absolute atomic E-state index is 13.0. The smallest absolute Gasteiger partial charge is 0.245 e. The van der Waals surface area contributed by atoms with Gasteiger partial charge in [0, 0.05) is 17.3 Å². The standard InChI is InChI=1S/C17H16ClFN2O3S/c1-11-14(18)3-2-4-16(11)25(23,24)20-15-9-10-21(17(15)22)13-7-5-12(19)6-8-13/h2-8,15,20H,9-10H2,1H3/t15-/m1/s1. The number of anilines is 1. The molecule has 1 atom stereocenters. The van der Waals surface area contributed by atoms with Crippen LogP contribution < -0.4 is 9.62 Å². The van der Waals surface area contributed by atoms with E-state index >= 15 is 0 Å². The zero-order chi connectivity index (χ0) is 18.2. The number of hydrogen-bond acceptors (Lipinski definition) is 3. The summed E-state index contributed by atoms with van der Waals surface area (Å²) in [7, 11) is -3.88. The molecule has 0 aromatic heterocycles. The third-order valence-corrected chi connectivity index (χ3v) is 6.17. The van der Waals surface area contributed by atoms with Crippen LogP contribution in [-0.4, -0.2) is 26.9 Å². The van der Waals surface area contributed by atoms with E-state index in [1.54, 1.807) is 19.1 Å². The Balaban J connectivity index is 1.81. The van der Waals surface area contributed by atoms with Gasteiger partial charge < -0.3 is 4.90 Å². The van der Waals surface area contributed by atoms with Crippen LogP contribution in [0.3, 0.4) is 0 Å². The minimum absolute atomic E-state index is 0.0491. The summed E-state index contributed by atoms with van der Waals surface area (Å²) in [5.41, 5.74) is 0.963. The molecule has 8 heteroatoms. The summed E-state index contributed by atoms with van der Waals surface area (Å²) in [5.74, 6) is -0.765. The van der Waals surface area contributed by atoms with Gasteiger partial charge in [-0.05, 0) is 55.3 Å². The predicted octanol–water partition coefficient (Wildman–Crippen LogP) is 2.87. The van der Waals surface area contributed by atoms with Crippen LogP contribution in [0.1, 0.15) is 12.0 Å². The number of sulfonamides is 1. The van der Waals surface area contributed by atoms with Crippen LogP contribution in [0.4, 0.5) is 10.1 Å². The molecule has 1 N–H and O–H groups in total. The van der Waals surface area contributed by atoms with Crippen molar-refractivity contribution < 1.29 is 17.6 Å². The van der Waals surface area contributed by atoms with Crippen molar-refractivity contribution >= 4 is 33.2 Å². The minimum atomic E-state index is -3.88. The van der Waals surface area contributed by atoms with Gasteiger partial charge >= 0.3 is 0 Å². The Morgan fingerprint density at radius 3 is 2.56 bits per heavy atom. The molecule has 1 aliphatic rings. The Bertz CT molecular complexity index is 916. The number of carbonyl (C=O) groups is 1. The molecule has 2 aromatic rings. The van der Waals surface area contributed by atoms with Gasteiger partial charge in [0.2, 0.25) is 15.9 Å². The summed E-state index contributed by atoms with van der Waals surface area (Å²) in [4.78, 5) is 14.0. The van der Waals surface area contributed by atoms with E-state index in [9.17, 15) is 17.6 Å². The average Bonchev–Trinajstić information content (AvgIpc) is 2.91. The van der Waals surface area contributed by atoms with Crippen molar-refractivity contribution in [2.75, 3.05) is 11.4 Å². The Labute approximate surface area is 150 Å². The van der Waals surface area contributed by atoms with Crippen molar-refractivity contribution in [1.29, 1.82) is 0 Å². The molecular formula is C17H16ClFN2O3S. The van der Waals surface area contributed by atoms with Crippen LogP contribution in [-0.2, 0) is 14.8 Å². The van der Waals surface area contributed by atoms with E-state index in [0.717, 1.165) is 0 Å². The van der Waals surface area contributed by atoms with E-state index in [0.29, 0.717) is 29.2 Å². The van der Waals surface area contributed by atoms with Crippen molar-refractivity contribution in [2.24, 2.45) is 0 Å². The molecule has 0 radical (unpaired) electrons. The fourth-order valence-corrected chi connectivity index (χ4v) is 4.52. The Morgan fingerprint density at radius 2 is 1.88 bits per heavy atom. The van der Waals surface area contributed by atoms with Crippen LogP contribution in [0.15, 0.2) is 47.4 Å². The largest absolute Gasteiger partial charge is 0.311 e. The maximum atomic E-state index is 13.0. The van der Waals surface area contributed by atoms with Crippen molar-refractivity contribution in [2.45, 2.75) is 24.3 Å². The molecule has 1 fully saturated rings. The van der Waals surface area contributed by atoms with E-state index in [1.807, 2.05) is 0 Å². The molecule has 2 aromatic carbocycles. The van der Waals surface area contributed by atoms with Crippen molar-refractivity contribution in [1.82, 2.24) is 4.72 Å². The highest BCUT2D eigenvalue weighted by molar-refractivity contribution is 7.89. The quantitative estimate of drug-likeness (QED) is 0.884. The van der Waals surface area contributed by atoms with Crippen molar-refractivity contribution in [3.63, 3.8) is 0 Å². The molecule has 0 spiro atoms. The summed E-state index contributed by atoms with van der Waals surface area (Å²) in [5, 5.41) is 0.341. The SMILES string of the molecule is Cc1c(Cl)cccc1S(=O)(=O)N[C@@H]1CCN(c2ccc(F)cc2)C1=O. The highest BCUT2D eigenvalue weighted by Crippen LogP contribution is 2.25. The Hall–Kier alpha value is -1.96. The zero-order valence-electron chi connectivity index (χ0n) is 13.4. The lowest BCUT2D eigenvalue weighted by molar-refractivity contribution is -0.118. The topological polar surface area (TPSA) is 66.5 Å². The molecule has 3 rings (SSSR count). The monoisotopic (exact) mass is 382 g/mol. The molecular weight excluding hydrogens is 367 g/mol. The van der Waals surface area contributed by atoms with Crippen LogP contribution in [0, 0.1) is 12.7 Å². The Morgan fingerprint density at radius 1 is 1.20 bits per heavy atom. The lowest BCUT2D eigenvalue weighted by Crippen LogP contribution is -2.41. The second-order valence-corrected chi connectivity index (χ2v) is 7.88. The summed E-state index contributed by atoms with van der Waals surface area (Å²) >= 11 is 5.98. The molecule has 1 aliphatic heterocycles. The second-order valence-electron chi connectivity index (χ2n) is 5.79. The summed E-state index contributed by atoms with van der Waals surface area (Å²) in [6.45, 7) is 1.96. The van der Waals surface area contributed by atoms with Gasteiger partial charge in [-0.25, -0.2) is 12.8 Å². The first-order valence-corrected chi connectivity index (χ1v) is 9.50. The van der Waals surface area contributed by atoms with Crippen LogP contribution in [0.2, 0.25) is 5.02 Å². The van der Waals surface area contributed by atoms with E-state index in [2.05, 4.69) is 4.72 Å². The van der Waals surface area contributed by atoms with Crippen LogP contribution in [0.25, 0.3) is 0 Å². The summed E-state index contributed by atoms with van der Waals surface area (Å²) < 4.78 is 40.7. The number of halogens is 2. The number of hydrogen-bond donors (Lipinski definition) is 1. The molecule has 0 saturated carbocycles. The van der Waals surface area contributed by atoms with Crippen molar-refractivity contribution in [3.8, 4) is 0 Å². The fourth-order valence-electron chi connectivity index (χ4n) is 2.80. The number of benzene rings is 2. The third kappa shape index (κ3) is 3.53. The van der Waals surface area contributed by atoms with Crippen LogP contribution >= 0.6 is 11.6 Å². The van der Waals surface area contributed by atoms with E-state index in [-0.39, 0.29) is 10.8 Å². The van der Waals surface area contributed by atoms with Crippen LogP contribution in [0.5, 0.6) is 0 Å². The van der Waals surface area contributed by atoms with Gasteiger partial charge in [-0.2, -0.15) is 4.72 Å². The first kappa shape index (κ1) is 17.8. The van der Waals surface area contributed by atoms with Gasteiger partial charge in [0.15, 0.2) is 0 Å². The molecule has 5 nitrogen and oxygen atoms in total. The highest BCUT2D eigenvalue weighted by Gasteiger charge is 2.36. The van der Waals surface area contributed by atoms with E-state index in [4.69, 9.17) is 11.6 Å². The number of rotatable bonds is 4. The number of nitrogens with one attached hydrogen (secondary N) is 1. The summed E-state index contributed by atoms with van der Waals surface area (Å²) in [6, 6.07) is 9.23. The average molecular weight is 383 g/mol. The Kier molecular flexibility index (Phi) is 4.81.